The monoisotopic (exact) mass is 323 g/mol. The lowest BCUT2D eigenvalue weighted by molar-refractivity contribution is 0.0689. The third-order valence-electron chi connectivity index (χ3n) is 5.83. The van der Waals surface area contributed by atoms with Gasteiger partial charge in [-0.3, -0.25) is 4.79 Å². The van der Waals surface area contributed by atoms with Crippen molar-refractivity contribution in [2.75, 3.05) is 6.54 Å². The van der Waals surface area contributed by atoms with Crippen molar-refractivity contribution in [3.05, 3.63) is 35.2 Å². The maximum Gasteiger partial charge on any atom is 0.254 e. The van der Waals surface area contributed by atoms with Crippen LogP contribution in [0, 0.1) is 19.8 Å². The Labute approximate surface area is 143 Å². The van der Waals surface area contributed by atoms with E-state index in [1.807, 2.05) is 32.0 Å². The molecule has 1 atom stereocenters. The van der Waals surface area contributed by atoms with Crippen molar-refractivity contribution in [2.45, 2.75) is 58.4 Å². The minimum Gasteiger partial charge on any atom is -0.335 e. The van der Waals surface area contributed by atoms with E-state index in [1.165, 1.54) is 32.1 Å². The summed E-state index contributed by atoms with van der Waals surface area (Å²) in [6.07, 6.45) is 7.54. The molecule has 2 aliphatic rings. The van der Waals surface area contributed by atoms with E-state index in [-0.39, 0.29) is 5.91 Å². The lowest BCUT2D eigenvalue weighted by Gasteiger charge is -2.29. The smallest absolute Gasteiger partial charge is 0.254 e. The van der Waals surface area contributed by atoms with Crippen molar-refractivity contribution in [1.82, 2.24) is 14.9 Å². The molecule has 2 fully saturated rings. The van der Waals surface area contributed by atoms with Crippen LogP contribution in [0.4, 0.5) is 0 Å². The Bertz CT molecular complexity index is 780. The fraction of sp³-hybridized carbons (Fsp3) is 0.550. The molecule has 1 amide bonds. The molecule has 4 heteroatoms. The number of rotatable bonds is 2. The normalized spacial score (nSPS) is 21.8. The molecule has 1 saturated carbocycles. The number of benzene rings is 1. The molecule has 4 rings (SSSR count). The molecule has 0 N–H and O–H groups in total. The van der Waals surface area contributed by atoms with Crippen LogP contribution in [0.2, 0.25) is 0 Å². The van der Waals surface area contributed by atoms with Crippen LogP contribution in [0.3, 0.4) is 0 Å². The Hall–Kier alpha value is -1.97. The molecule has 1 aromatic heterocycles. The molecule has 2 aromatic rings. The molecular formula is C20H25N3O. The lowest BCUT2D eigenvalue weighted by Crippen LogP contribution is -2.39. The molecule has 1 aliphatic carbocycles. The van der Waals surface area contributed by atoms with E-state index in [9.17, 15) is 4.79 Å². The summed E-state index contributed by atoms with van der Waals surface area (Å²) in [7, 11) is 0. The number of carbonyl (C=O) groups excluding carboxylic acids is 1. The van der Waals surface area contributed by atoms with Gasteiger partial charge in [-0.15, -0.1) is 0 Å². The maximum absolute atomic E-state index is 13.1. The van der Waals surface area contributed by atoms with Gasteiger partial charge >= 0.3 is 0 Å². The highest BCUT2D eigenvalue weighted by atomic mass is 16.2. The molecule has 1 saturated heterocycles. The molecular weight excluding hydrogens is 298 g/mol. The van der Waals surface area contributed by atoms with Crippen LogP contribution in [0.15, 0.2) is 18.2 Å². The molecule has 0 radical (unpaired) electrons. The second-order valence-electron chi connectivity index (χ2n) is 7.35. The third kappa shape index (κ3) is 2.68. The molecule has 2 heterocycles. The van der Waals surface area contributed by atoms with Crippen molar-refractivity contribution < 1.29 is 4.79 Å². The predicted molar refractivity (Wildman–Crippen MR) is 95.0 cm³/mol. The minimum absolute atomic E-state index is 0.173. The van der Waals surface area contributed by atoms with Gasteiger partial charge in [-0.1, -0.05) is 12.8 Å². The predicted octanol–water partition coefficient (Wildman–Crippen LogP) is 4.04. The Balaban J connectivity index is 1.63. The second-order valence-corrected chi connectivity index (χ2v) is 7.35. The van der Waals surface area contributed by atoms with Crippen LogP contribution < -0.4 is 0 Å². The summed E-state index contributed by atoms with van der Waals surface area (Å²) in [4.78, 5) is 24.4. The standard InChI is InChI=1S/C20H25N3O/c1-13-14(2)22-18-12-16(9-10-17(18)21-13)20(24)23-11-5-8-19(23)15-6-3-4-7-15/h9-10,12,15,19H,3-8,11H2,1-2H3/t19-/m1/s1. The van der Waals surface area contributed by atoms with Gasteiger partial charge in [-0.25, -0.2) is 9.97 Å². The SMILES string of the molecule is Cc1nc2ccc(C(=O)N3CCC[C@@H]3C3CCCC3)cc2nc1C. The second kappa shape index (κ2) is 6.15. The first-order valence-electron chi connectivity index (χ1n) is 9.19. The van der Waals surface area contributed by atoms with Crippen LogP contribution in [-0.4, -0.2) is 33.4 Å². The average molecular weight is 323 g/mol. The van der Waals surface area contributed by atoms with E-state index in [4.69, 9.17) is 0 Å². The Kier molecular flexibility index (Phi) is 3.99. The van der Waals surface area contributed by atoms with Gasteiger partial charge < -0.3 is 4.90 Å². The van der Waals surface area contributed by atoms with Crippen molar-refractivity contribution in [3.8, 4) is 0 Å². The van der Waals surface area contributed by atoms with E-state index in [1.54, 1.807) is 0 Å². The number of carbonyl (C=O) groups is 1. The fourth-order valence-corrected chi connectivity index (χ4v) is 4.41. The molecule has 1 aliphatic heterocycles. The molecule has 0 unspecified atom stereocenters. The van der Waals surface area contributed by atoms with Crippen LogP contribution >= 0.6 is 0 Å². The zero-order valence-electron chi connectivity index (χ0n) is 14.6. The number of likely N-dealkylation sites (tertiary alicyclic amines) is 1. The zero-order valence-corrected chi connectivity index (χ0v) is 14.6. The van der Waals surface area contributed by atoms with Crippen LogP contribution in [0.25, 0.3) is 11.0 Å². The molecule has 4 nitrogen and oxygen atoms in total. The van der Waals surface area contributed by atoms with Gasteiger partial charge in [-0.2, -0.15) is 0 Å². The van der Waals surface area contributed by atoms with Crippen molar-refractivity contribution in [1.29, 1.82) is 0 Å². The molecule has 1 aromatic carbocycles. The van der Waals surface area contributed by atoms with E-state index >= 15 is 0 Å². The fourth-order valence-electron chi connectivity index (χ4n) is 4.41. The highest BCUT2D eigenvalue weighted by molar-refractivity contribution is 5.97. The molecule has 24 heavy (non-hydrogen) atoms. The largest absolute Gasteiger partial charge is 0.335 e. The summed E-state index contributed by atoms with van der Waals surface area (Å²) in [5, 5.41) is 0. The third-order valence-corrected chi connectivity index (χ3v) is 5.83. The zero-order chi connectivity index (χ0) is 16.7. The van der Waals surface area contributed by atoms with Crippen LogP contribution in [0.1, 0.15) is 60.3 Å². The van der Waals surface area contributed by atoms with Gasteiger partial charge in [0, 0.05) is 18.2 Å². The highest BCUT2D eigenvalue weighted by Gasteiger charge is 2.36. The van der Waals surface area contributed by atoms with Gasteiger partial charge in [0.25, 0.3) is 5.91 Å². The number of nitrogens with zero attached hydrogens (tertiary/aromatic N) is 3. The first kappa shape index (κ1) is 15.6. The minimum atomic E-state index is 0.173. The van der Waals surface area contributed by atoms with Crippen LogP contribution in [0.5, 0.6) is 0 Å². The molecule has 0 spiro atoms. The Morgan fingerprint density at radius 2 is 1.71 bits per heavy atom. The number of amides is 1. The number of aromatic nitrogens is 2. The summed E-state index contributed by atoms with van der Waals surface area (Å²) < 4.78 is 0. The lowest BCUT2D eigenvalue weighted by atomic mass is 9.95. The van der Waals surface area contributed by atoms with Gasteiger partial charge in [0.2, 0.25) is 0 Å². The average Bonchev–Trinajstić information content (AvgIpc) is 3.25. The summed E-state index contributed by atoms with van der Waals surface area (Å²) in [6, 6.07) is 6.21. The summed E-state index contributed by atoms with van der Waals surface area (Å²) in [5.41, 5.74) is 4.31. The Morgan fingerprint density at radius 3 is 2.46 bits per heavy atom. The number of hydrogen-bond donors (Lipinski definition) is 0. The number of hydrogen-bond acceptors (Lipinski definition) is 3. The first-order chi connectivity index (χ1) is 11.6. The van der Waals surface area contributed by atoms with Crippen molar-refractivity contribution >= 4 is 16.9 Å². The van der Waals surface area contributed by atoms with E-state index in [0.29, 0.717) is 12.0 Å². The number of fused-ring (bicyclic) bond motifs is 1. The van der Waals surface area contributed by atoms with E-state index in [0.717, 1.165) is 41.0 Å². The Morgan fingerprint density at radius 1 is 1.00 bits per heavy atom. The van der Waals surface area contributed by atoms with Crippen LogP contribution in [-0.2, 0) is 0 Å². The molecule has 126 valence electrons. The van der Waals surface area contributed by atoms with E-state index in [2.05, 4.69) is 14.9 Å². The van der Waals surface area contributed by atoms with Crippen molar-refractivity contribution in [3.63, 3.8) is 0 Å². The summed E-state index contributed by atoms with van der Waals surface area (Å²) in [5.74, 6) is 0.882. The first-order valence-corrected chi connectivity index (χ1v) is 9.19. The topological polar surface area (TPSA) is 46.1 Å². The summed E-state index contributed by atoms with van der Waals surface area (Å²) in [6.45, 7) is 4.83. The van der Waals surface area contributed by atoms with Gasteiger partial charge in [0.05, 0.1) is 22.4 Å². The number of aryl methyl sites for hydroxylation is 2. The summed E-state index contributed by atoms with van der Waals surface area (Å²) >= 11 is 0. The highest BCUT2D eigenvalue weighted by Crippen LogP contribution is 2.36. The van der Waals surface area contributed by atoms with Gasteiger partial charge in [-0.05, 0) is 63.6 Å². The van der Waals surface area contributed by atoms with Gasteiger partial charge in [0.1, 0.15) is 0 Å². The maximum atomic E-state index is 13.1. The van der Waals surface area contributed by atoms with E-state index < -0.39 is 0 Å². The van der Waals surface area contributed by atoms with Crippen molar-refractivity contribution in [2.24, 2.45) is 5.92 Å². The van der Waals surface area contributed by atoms with Gasteiger partial charge in [0.15, 0.2) is 0 Å². The molecule has 0 bridgehead atoms. The quantitative estimate of drug-likeness (QED) is 0.838.